The summed E-state index contributed by atoms with van der Waals surface area (Å²) in [5.74, 6) is 0.442. The molecule has 30 heavy (non-hydrogen) atoms. The molecule has 12 heteroatoms. The van der Waals surface area contributed by atoms with E-state index in [1.807, 2.05) is 20.8 Å². The van der Waals surface area contributed by atoms with Crippen LogP contribution >= 0.6 is 0 Å². The summed E-state index contributed by atoms with van der Waals surface area (Å²) in [7, 11) is 0. The van der Waals surface area contributed by atoms with Crippen molar-refractivity contribution in [3.05, 3.63) is 78.0 Å². The summed E-state index contributed by atoms with van der Waals surface area (Å²) in [5.41, 5.74) is 10.00. The summed E-state index contributed by atoms with van der Waals surface area (Å²) < 4.78 is 2.90. The van der Waals surface area contributed by atoms with Gasteiger partial charge in [0.05, 0.1) is 0 Å². The second kappa shape index (κ2) is 11.8. The first-order chi connectivity index (χ1) is 14.2. The molecule has 0 aliphatic rings. The standard InChI is InChI=1S/2C6H9N3O.C6H8N2O2/c1-2-9-4-3-5(7)8-6(9)10;1-2-4-3-8-6(7)9-5(4)10;1-2-8-4-3-5(9)7-6(8)10/h3-4H,2H2,1H3,(H2,7,8,10);3H,2H2,1H3,(H3,7,8,9,10);3-4H,2H2,1H3,(H,7,9,10). The van der Waals surface area contributed by atoms with Crippen LogP contribution in [0, 0.1) is 0 Å². The van der Waals surface area contributed by atoms with E-state index in [-0.39, 0.29) is 34.3 Å². The molecule has 162 valence electrons. The second-order valence-corrected chi connectivity index (χ2v) is 5.79. The highest BCUT2D eigenvalue weighted by Crippen LogP contribution is 1.89. The van der Waals surface area contributed by atoms with E-state index in [0.29, 0.717) is 25.1 Å². The molecule has 0 unspecified atom stereocenters. The monoisotopic (exact) mass is 418 g/mol. The highest BCUT2D eigenvalue weighted by atomic mass is 16.2. The van der Waals surface area contributed by atoms with E-state index in [9.17, 15) is 19.2 Å². The zero-order valence-electron chi connectivity index (χ0n) is 17.1. The van der Waals surface area contributed by atoms with Crippen LogP contribution in [0.3, 0.4) is 0 Å². The van der Waals surface area contributed by atoms with E-state index in [1.165, 1.54) is 27.6 Å². The number of anilines is 2. The summed E-state index contributed by atoms with van der Waals surface area (Å²) in [6, 6.07) is 2.93. The van der Waals surface area contributed by atoms with E-state index in [2.05, 4.69) is 19.9 Å². The number of nitrogens with two attached hydrogens (primary N) is 2. The van der Waals surface area contributed by atoms with E-state index in [4.69, 9.17) is 11.5 Å². The van der Waals surface area contributed by atoms with Crippen molar-refractivity contribution in [3.63, 3.8) is 0 Å². The van der Waals surface area contributed by atoms with Gasteiger partial charge in [-0.15, -0.1) is 0 Å². The third-order valence-electron chi connectivity index (χ3n) is 3.75. The summed E-state index contributed by atoms with van der Waals surface area (Å²) in [5, 5.41) is 0. The Hall–Kier alpha value is -3.96. The number of H-pyrrole nitrogens is 2. The fraction of sp³-hybridized carbons (Fsp3) is 0.333. The lowest BCUT2D eigenvalue weighted by atomic mass is 10.3. The Bertz CT molecular complexity index is 1120. The predicted octanol–water partition coefficient (Wildman–Crippen LogP) is -0.684. The third kappa shape index (κ3) is 7.58. The molecule has 3 rings (SSSR count). The fourth-order valence-electron chi connectivity index (χ4n) is 2.06. The average Bonchev–Trinajstić information content (AvgIpc) is 2.69. The van der Waals surface area contributed by atoms with Gasteiger partial charge in [0.25, 0.3) is 11.1 Å². The molecule has 12 nitrogen and oxygen atoms in total. The third-order valence-corrected chi connectivity index (χ3v) is 3.75. The molecule has 0 amide bonds. The van der Waals surface area contributed by atoms with Gasteiger partial charge in [-0.2, -0.15) is 4.98 Å². The van der Waals surface area contributed by atoms with Crippen LogP contribution < -0.4 is 34.0 Å². The van der Waals surface area contributed by atoms with Crippen molar-refractivity contribution in [1.82, 2.24) is 29.1 Å². The maximum atomic E-state index is 10.9. The van der Waals surface area contributed by atoms with Gasteiger partial charge in [-0.25, -0.2) is 14.6 Å². The van der Waals surface area contributed by atoms with Gasteiger partial charge in [-0.1, -0.05) is 6.92 Å². The minimum absolute atomic E-state index is 0.144. The molecule has 0 radical (unpaired) electrons. The zero-order valence-corrected chi connectivity index (χ0v) is 17.1. The first kappa shape index (κ1) is 24.1. The molecule has 0 aromatic carbocycles. The highest BCUT2D eigenvalue weighted by molar-refractivity contribution is 5.23. The molecule has 0 saturated carbocycles. The Kier molecular flexibility index (Phi) is 9.46. The van der Waals surface area contributed by atoms with Crippen molar-refractivity contribution in [2.75, 3.05) is 11.5 Å². The lowest BCUT2D eigenvalue weighted by Gasteiger charge is -1.97. The van der Waals surface area contributed by atoms with E-state index in [0.717, 1.165) is 0 Å². The number of hydrogen-bond donors (Lipinski definition) is 4. The van der Waals surface area contributed by atoms with Crippen molar-refractivity contribution in [1.29, 1.82) is 0 Å². The number of rotatable bonds is 3. The number of aromatic amines is 2. The van der Waals surface area contributed by atoms with E-state index < -0.39 is 0 Å². The molecule has 0 bridgehead atoms. The van der Waals surface area contributed by atoms with Gasteiger partial charge in [-0.05, 0) is 26.3 Å². The maximum absolute atomic E-state index is 10.9. The van der Waals surface area contributed by atoms with Crippen LogP contribution in [0.5, 0.6) is 0 Å². The van der Waals surface area contributed by atoms with Crippen LogP contribution in [0.1, 0.15) is 26.3 Å². The number of aromatic nitrogens is 6. The Morgan fingerprint density at radius 1 is 0.933 bits per heavy atom. The van der Waals surface area contributed by atoms with Crippen LogP contribution in [0.25, 0.3) is 0 Å². The first-order valence-electron chi connectivity index (χ1n) is 9.18. The van der Waals surface area contributed by atoms with Gasteiger partial charge in [0.1, 0.15) is 5.82 Å². The summed E-state index contributed by atoms with van der Waals surface area (Å²) in [6.07, 6.45) is 5.28. The molecule has 0 saturated heterocycles. The summed E-state index contributed by atoms with van der Waals surface area (Å²) >= 11 is 0. The van der Waals surface area contributed by atoms with Crippen LogP contribution in [0.4, 0.5) is 11.8 Å². The van der Waals surface area contributed by atoms with Crippen LogP contribution in [0.15, 0.2) is 49.9 Å². The predicted molar refractivity (Wildman–Crippen MR) is 114 cm³/mol. The molecule has 0 spiro atoms. The molecule has 3 aromatic rings. The molecule has 0 aliphatic carbocycles. The minimum Gasteiger partial charge on any atom is -0.383 e. The maximum Gasteiger partial charge on any atom is 0.349 e. The second-order valence-electron chi connectivity index (χ2n) is 5.79. The number of aryl methyl sites for hydroxylation is 3. The van der Waals surface area contributed by atoms with E-state index in [1.54, 1.807) is 12.3 Å². The average molecular weight is 418 g/mol. The quantitative estimate of drug-likeness (QED) is 0.430. The summed E-state index contributed by atoms with van der Waals surface area (Å²) in [6.45, 7) is 6.81. The van der Waals surface area contributed by atoms with Gasteiger partial charge >= 0.3 is 11.4 Å². The lowest BCUT2D eigenvalue weighted by Crippen LogP contribution is -2.27. The number of hydrogen-bond acceptors (Lipinski definition) is 8. The van der Waals surface area contributed by atoms with Crippen molar-refractivity contribution in [2.45, 2.75) is 40.3 Å². The van der Waals surface area contributed by atoms with Crippen LogP contribution in [-0.2, 0) is 19.5 Å². The Labute approximate surface area is 171 Å². The molecule has 0 fully saturated rings. The lowest BCUT2D eigenvalue weighted by molar-refractivity contribution is 0.693. The normalized spacial score (nSPS) is 9.70. The molecule has 0 atom stereocenters. The van der Waals surface area contributed by atoms with Crippen molar-refractivity contribution in [2.24, 2.45) is 0 Å². The Morgan fingerprint density at radius 2 is 1.57 bits per heavy atom. The molecule has 6 N–H and O–H groups in total. The highest BCUT2D eigenvalue weighted by Gasteiger charge is 1.95. The fourth-order valence-corrected chi connectivity index (χ4v) is 2.06. The van der Waals surface area contributed by atoms with Crippen molar-refractivity contribution >= 4 is 11.8 Å². The first-order valence-corrected chi connectivity index (χ1v) is 9.18. The van der Waals surface area contributed by atoms with Gasteiger partial charge < -0.3 is 16.0 Å². The number of nitrogens with one attached hydrogen (secondary N) is 2. The largest absolute Gasteiger partial charge is 0.383 e. The van der Waals surface area contributed by atoms with Gasteiger partial charge in [0.15, 0.2) is 5.95 Å². The van der Waals surface area contributed by atoms with Crippen molar-refractivity contribution in [3.8, 4) is 0 Å². The summed E-state index contributed by atoms with van der Waals surface area (Å²) in [4.78, 5) is 54.8. The van der Waals surface area contributed by atoms with Crippen LogP contribution in [0.2, 0.25) is 0 Å². The van der Waals surface area contributed by atoms with Crippen molar-refractivity contribution < 1.29 is 0 Å². The van der Waals surface area contributed by atoms with Gasteiger partial charge in [0, 0.05) is 43.3 Å². The zero-order chi connectivity index (χ0) is 22.7. The Morgan fingerprint density at radius 3 is 2.07 bits per heavy atom. The van der Waals surface area contributed by atoms with E-state index >= 15 is 0 Å². The molecule has 3 heterocycles. The minimum atomic E-state index is -0.352. The Balaban J connectivity index is 0.000000225. The smallest absolute Gasteiger partial charge is 0.349 e. The molecular formula is C18H26N8O4. The number of nitrogens with zero attached hydrogens (tertiary/aromatic N) is 4. The van der Waals surface area contributed by atoms with Gasteiger partial charge in [0.2, 0.25) is 0 Å². The SMILES string of the molecule is CCc1cnc(N)[nH]c1=O.CCn1ccc(=O)[nH]c1=O.CCn1ccc(N)nc1=O. The number of nitrogen functional groups attached to an aromatic ring is 2. The van der Waals surface area contributed by atoms with Gasteiger partial charge in [-0.3, -0.25) is 24.1 Å². The molecule has 3 aromatic heterocycles. The molecular weight excluding hydrogens is 392 g/mol. The molecule has 0 aliphatic heterocycles. The van der Waals surface area contributed by atoms with Crippen LogP contribution in [-0.4, -0.2) is 29.1 Å². The topological polar surface area (TPSA) is 188 Å².